The molecule has 3 aliphatic rings. The highest BCUT2D eigenvalue weighted by atomic mass is 16.5. The van der Waals surface area contributed by atoms with Crippen molar-refractivity contribution in [3.8, 4) is 23.1 Å². The zero-order valence-corrected chi connectivity index (χ0v) is 16.3. The number of methoxy groups -OCH3 is 1. The fourth-order valence-electron chi connectivity index (χ4n) is 3.73. The molecule has 2 aliphatic heterocycles. The summed E-state index contributed by atoms with van der Waals surface area (Å²) in [5.74, 6) is 2.00. The van der Waals surface area contributed by atoms with Gasteiger partial charge in [-0.05, 0) is 31.4 Å². The third-order valence-corrected chi connectivity index (χ3v) is 5.20. The van der Waals surface area contributed by atoms with Crippen molar-refractivity contribution in [1.29, 1.82) is 0 Å². The maximum atomic E-state index is 10.2. The average molecular weight is 382 g/mol. The van der Waals surface area contributed by atoms with E-state index in [4.69, 9.17) is 9.47 Å². The molecule has 7 nitrogen and oxygen atoms in total. The van der Waals surface area contributed by atoms with Crippen molar-refractivity contribution in [3.05, 3.63) is 42.0 Å². The summed E-state index contributed by atoms with van der Waals surface area (Å²) < 4.78 is 13.7. The number of imidazole rings is 1. The molecule has 1 N–H and O–H groups in total. The monoisotopic (exact) mass is 382 g/mol. The van der Waals surface area contributed by atoms with Gasteiger partial charge in [0, 0.05) is 12.0 Å². The van der Waals surface area contributed by atoms with Crippen LogP contribution in [0.1, 0.15) is 56.6 Å². The second-order valence-corrected chi connectivity index (χ2v) is 7.21. The number of hydrogen-bond donors (Lipinski definition) is 1. The smallest absolute Gasteiger partial charge is 0.242 e. The maximum absolute atomic E-state index is 10.2. The van der Waals surface area contributed by atoms with Gasteiger partial charge in [-0.2, -0.15) is 0 Å². The Hall–Kier alpha value is -2.67. The summed E-state index contributed by atoms with van der Waals surface area (Å²) in [4.78, 5) is 13.3. The van der Waals surface area contributed by atoms with Gasteiger partial charge in [-0.3, -0.25) is 4.57 Å². The van der Waals surface area contributed by atoms with E-state index in [1.807, 2.05) is 28.8 Å². The van der Waals surface area contributed by atoms with E-state index in [2.05, 4.69) is 21.9 Å². The molecule has 4 rings (SSSR count). The molecule has 1 fully saturated rings. The van der Waals surface area contributed by atoms with E-state index >= 15 is 0 Å². The number of ether oxygens (including phenoxy) is 2. The number of aromatic nitrogens is 4. The van der Waals surface area contributed by atoms with Gasteiger partial charge < -0.3 is 14.6 Å². The molecule has 1 unspecified atom stereocenters. The van der Waals surface area contributed by atoms with Gasteiger partial charge in [-0.15, -0.1) is 0 Å². The van der Waals surface area contributed by atoms with Crippen molar-refractivity contribution >= 4 is 0 Å². The number of hydrogen-bond acceptors (Lipinski definition) is 6. The molecule has 1 aromatic rings. The van der Waals surface area contributed by atoms with E-state index in [0.717, 1.165) is 37.0 Å². The lowest BCUT2D eigenvalue weighted by atomic mass is 10.1. The minimum absolute atomic E-state index is 0.101. The Morgan fingerprint density at radius 2 is 1.93 bits per heavy atom. The van der Waals surface area contributed by atoms with Crippen LogP contribution in [0.4, 0.5) is 0 Å². The molecule has 1 saturated carbocycles. The van der Waals surface area contributed by atoms with Gasteiger partial charge in [0.15, 0.2) is 17.7 Å². The molecule has 0 bridgehead atoms. The standard InChI is InChI=1S/C21H26N4O3/c1-3-6-17-23-18-19(24-17)25(13-22-20(18)26)21(28-16-7-4-5-8-16)14-9-11-15(27-2)12-10-14/h9-13,16,21,26H,3-8H2,1-2H3. The maximum Gasteiger partial charge on any atom is 0.242 e. The van der Waals surface area contributed by atoms with Crippen LogP contribution < -0.4 is 4.74 Å². The van der Waals surface area contributed by atoms with E-state index < -0.39 is 6.23 Å². The highest BCUT2D eigenvalue weighted by Crippen LogP contribution is 2.35. The molecule has 1 aliphatic carbocycles. The predicted octanol–water partition coefficient (Wildman–Crippen LogP) is 3.95. The lowest BCUT2D eigenvalue weighted by Crippen LogP contribution is -2.22. The normalized spacial score (nSPS) is 15.9. The predicted molar refractivity (Wildman–Crippen MR) is 105 cm³/mol. The fraction of sp³-hybridized carbons (Fsp3) is 0.476. The first kappa shape index (κ1) is 18.7. The van der Waals surface area contributed by atoms with Crippen LogP contribution in [0.2, 0.25) is 0 Å². The molecular formula is C21H26N4O3. The van der Waals surface area contributed by atoms with Gasteiger partial charge >= 0.3 is 0 Å². The number of aryl methyl sites for hydroxylation is 1. The number of rotatable bonds is 7. The molecule has 0 saturated heterocycles. The Balaban J connectivity index is 1.77. The third kappa shape index (κ3) is 3.67. The van der Waals surface area contributed by atoms with Crippen LogP contribution in [0.3, 0.4) is 0 Å². The summed E-state index contributed by atoms with van der Waals surface area (Å²) in [5, 5.41) is 10.2. The second kappa shape index (κ2) is 8.14. The van der Waals surface area contributed by atoms with Gasteiger partial charge in [-0.25, -0.2) is 15.0 Å². The van der Waals surface area contributed by atoms with Crippen molar-refractivity contribution in [1.82, 2.24) is 19.5 Å². The van der Waals surface area contributed by atoms with Crippen molar-refractivity contribution in [2.45, 2.75) is 57.8 Å². The van der Waals surface area contributed by atoms with Crippen molar-refractivity contribution in [2.75, 3.05) is 7.11 Å². The number of benzene rings is 1. The molecule has 148 valence electrons. The summed E-state index contributed by atoms with van der Waals surface area (Å²) in [5.41, 5.74) is 1.39. The molecule has 1 aromatic carbocycles. The van der Waals surface area contributed by atoms with Gasteiger partial charge in [0.05, 0.1) is 13.2 Å². The van der Waals surface area contributed by atoms with Crippen LogP contribution in [-0.4, -0.2) is 37.8 Å². The first-order valence-electron chi connectivity index (χ1n) is 9.91. The fourth-order valence-corrected chi connectivity index (χ4v) is 3.73. The topological polar surface area (TPSA) is 82.3 Å². The van der Waals surface area contributed by atoms with Crippen LogP contribution in [0, 0.1) is 0 Å². The van der Waals surface area contributed by atoms with Crippen LogP contribution in [0.15, 0.2) is 30.6 Å². The Kier molecular flexibility index (Phi) is 5.43. The Morgan fingerprint density at radius 1 is 1.18 bits per heavy atom. The molecule has 2 heterocycles. The molecule has 28 heavy (non-hydrogen) atoms. The van der Waals surface area contributed by atoms with E-state index in [1.54, 1.807) is 13.4 Å². The molecule has 0 amide bonds. The lowest BCUT2D eigenvalue weighted by Gasteiger charge is -2.26. The lowest BCUT2D eigenvalue weighted by molar-refractivity contribution is -0.0261. The molecule has 7 heteroatoms. The molecule has 1 atom stereocenters. The number of fused-ring (bicyclic) bond motifs is 1. The third-order valence-electron chi connectivity index (χ3n) is 5.20. The highest BCUT2D eigenvalue weighted by Gasteiger charge is 2.28. The van der Waals surface area contributed by atoms with Crippen LogP contribution in [0.25, 0.3) is 11.5 Å². The van der Waals surface area contributed by atoms with Crippen molar-refractivity contribution < 1.29 is 14.6 Å². The van der Waals surface area contributed by atoms with Crippen molar-refractivity contribution in [2.24, 2.45) is 0 Å². The summed E-state index contributed by atoms with van der Waals surface area (Å²) in [6, 6.07) is 7.83. The minimum atomic E-state index is -0.393. The Morgan fingerprint density at radius 3 is 2.61 bits per heavy atom. The van der Waals surface area contributed by atoms with Crippen LogP contribution in [0.5, 0.6) is 11.6 Å². The first-order chi connectivity index (χ1) is 13.7. The number of nitrogens with zero attached hydrogens (tertiary/aromatic N) is 4. The number of aromatic hydroxyl groups is 1. The summed E-state index contributed by atoms with van der Waals surface area (Å²) in [6.07, 6.45) is 7.56. The van der Waals surface area contributed by atoms with E-state index in [-0.39, 0.29) is 12.0 Å². The zero-order valence-electron chi connectivity index (χ0n) is 16.3. The summed E-state index contributed by atoms with van der Waals surface area (Å²) >= 11 is 0. The Bertz CT molecular complexity index is 887. The SMILES string of the molecule is CCCc1nc2c(O)ncn(C(OC3CCCC3)c3ccc(OC)cc3)c-2n1. The van der Waals surface area contributed by atoms with Crippen LogP contribution in [-0.2, 0) is 11.2 Å². The summed E-state index contributed by atoms with van der Waals surface area (Å²) in [7, 11) is 1.65. The molecular weight excluding hydrogens is 356 g/mol. The van der Waals surface area contributed by atoms with Gasteiger partial charge in [0.2, 0.25) is 5.88 Å². The van der Waals surface area contributed by atoms with Crippen LogP contribution >= 0.6 is 0 Å². The molecule has 0 spiro atoms. The van der Waals surface area contributed by atoms with E-state index in [9.17, 15) is 5.11 Å². The van der Waals surface area contributed by atoms with Gasteiger partial charge in [0.25, 0.3) is 0 Å². The molecule has 0 radical (unpaired) electrons. The quantitative estimate of drug-likeness (QED) is 0.666. The van der Waals surface area contributed by atoms with E-state index in [1.165, 1.54) is 12.8 Å². The van der Waals surface area contributed by atoms with Gasteiger partial charge in [0.1, 0.15) is 17.9 Å². The summed E-state index contributed by atoms with van der Waals surface area (Å²) in [6.45, 7) is 2.08. The van der Waals surface area contributed by atoms with Gasteiger partial charge in [-0.1, -0.05) is 31.9 Å². The highest BCUT2D eigenvalue weighted by molar-refractivity contribution is 5.58. The second-order valence-electron chi connectivity index (χ2n) is 7.21. The van der Waals surface area contributed by atoms with Crippen molar-refractivity contribution in [3.63, 3.8) is 0 Å². The average Bonchev–Trinajstić information content (AvgIpc) is 3.38. The molecule has 0 aromatic heterocycles. The minimum Gasteiger partial charge on any atom is -0.497 e. The Labute approximate surface area is 164 Å². The zero-order chi connectivity index (χ0) is 19.5. The largest absolute Gasteiger partial charge is 0.497 e. The first-order valence-corrected chi connectivity index (χ1v) is 9.91. The van der Waals surface area contributed by atoms with E-state index in [0.29, 0.717) is 17.3 Å².